The fourth-order valence-electron chi connectivity index (χ4n) is 1.23. The van der Waals surface area contributed by atoms with Gasteiger partial charge < -0.3 is 0 Å². The van der Waals surface area contributed by atoms with Crippen LogP contribution in [0.1, 0.15) is 31.7 Å². The standard InChI is InChI=1S/C11H15NO/c1-2-4-11(13)7-6-10-5-3-8-12-9-10/h3,5,8-9H,2,4,6-7H2,1H3. The van der Waals surface area contributed by atoms with E-state index >= 15 is 0 Å². The smallest absolute Gasteiger partial charge is 0.133 e. The molecule has 0 atom stereocenters. The highest BCUT2D eigenvalue weighted by Crippen LogP contribution is 2.03. The van der Waals surface area contributed by atoms with E-state index in [4.69, 9.17) is 0 Å². The Labute approximate surface area is 79.0 Å². The Bertz CT molecular complexity index is 256. The van der Waals surface area contributed by atoms with Crippen molar-refractivity contribution in [2.75, 3.05) is 0 Å². The van der Waals surface area contributed by atoms with Crippen LogP contribution in [0.15, 0.2) is 24.5 Å². The molecule has 2 nitrogen and oxygen atoms in total. The van der Waals surface area contributed by atoms with Crippen LogP contribution in [0.5, 0.6) is 0 Å². The molecular weight excluding hydrogens is 162 g/mol. The number of aryl methyl sites for hydroxylation is 1. The van der Waals surface area contributed by atoms with Gasteiger partial charge >= 0.3 is 0 Å². The lowest BCUT2D eigenvalue weighted by Gasteiger charge is -1.98. The van der Waals surface area contributed by atoms with Crippen molar-refractivity contribution in [2.24, 2.45) is 0 Å². The Kier molecular flexibility index (Phi) is 4.16. The average molecular weight is 177 g/mol. The number of rotatable bonds is 5. The van der Waals surface area contributed by atoms with Gasteiger partial charge in [0.1, 0.15) is 5.78 Å². The highest BCUT2D eigenvalue weighted by Gasteiger charge is 2.00. The van der Waals surface area contributed by atoms with Crippen LogP contribution in [0.4, 0.5) is 0 Å². The molecule has 1 heterocycles. The van der Waals surface area contributed by atoms with Gasteiger partial charge in [-0.25, -0.2) is 0 Å². The van der Waals surface area contributed by atoms with Gasteiger partial charge in [-0.2, -0.15) is 0 Å². The van der Waals surface area contributed by atoms with Crippen molar-refractivity contribution in [3.05, 3.63) is 30.1 Å². The van der Waals surface area contributed by atoms with Crippen LogP contribution >= 0.6 is 0 Å². The van der Waals surface area contributed by atoms with Crippen molar-refractivity contribution in [1.82, 2.24) is 4.98 Å². The van der Waals surface area contributed by atoms with Crippen molar-refractivity contribution >= 4 is 5.78 Å². The summed E-state index contributed by atoms with van der Waals surface area (Å²) < 4.78 is 0. The zero-order valence-corrected chi connectivity index (χ0v) is 7.99. The molecule has 0 radical (unpaired) electrons. The minimum Gasteiger partial charge on any atom is -0.300 e. The molecule has 0 aromatic carbocycles. The SMILES string of the molecule is CCCC(=O)CCc1cccnc1. The number of ketones is 1. The zero-order valence-electron chi connectivity index (χ0n) is 7.99. The van der Waals surface area contributed by atoms with Gasteiger partial charge in [-0.3, -0.25) is 9.78 Å². The van der Waals surface area contributed by atoms with Gasteiger partial charge in [0, 0.05) is 25.2 Å². The van der Waals surface area contributed by atoms with Crippen molar-refractivity contribution in [2.45, 2.75) is 32.6 Å². The maximum absolute atomic E-state index is 11.2. The molecule has 0 spiro atoms. The Balaban J connectivity index is 2.31. The third-order valence-corrected chi connectivity index (χ3v) is 1.94. The number of carbonyl (C=O) groups is 1. The van der Waals surface area contributed by atoms with Gasteiger partial charge in [-0.05, 0) is 24.5 Å². The lowest BCUT2D eigenvalue weighted by Crippen LogP contribution is -1.99. The second-order valence-corrected chi connectivity index (χ2v) is 3.15. The fourth-order valence-corrected chi connectivity index (χ4v) is 1.23. The number of pyridine rings is 1. The van der Waals surface area contributed by atoms with E-state index < -0.39 is 0 Å². The quantitative estimate of drug-likeness (QED) is 0.691. The Hall–Kier alpha value is -1.18. The summed E-state index contributed by atoms with van der Waals surface area (Å²) in [7, 11) is 0. The predicted octanol–water partition coefficient (Wildman–Crippen LogP) is 2.38. The highest BCUT2D eigenvalue weighted by molar-refractivity contribution is 5.78. The summed E-state index contributed by atoms with van der Waals surface area (Å²) in [5.41, 5.74) is 1.15. The number of carbonyl (C=O) groups excluding carboxylic acids is 1. The van der Waals surface area contributed by atoms with Gasteiger partial charge in [0.2, 0.25) is 0 Å². The van der Waals surface area contributed by atoms with Crippen LogP contribution < -0.4 is 0 Å². The Morgan fingerprint density at radius 3 is 2.92 bits per heavy atom. The van der Waals surface area contributed by atoms with E-state index in [0.29, 0.717) is 18.6 Å². The van der Waals surface area contributed by atoms with Gasteiger partial charge in [0.15, 0.2) is 0 Å². The molecule has 13 heavy (non-hydrogen) atoms. The summed E-state index contributed by atoms with van der Waals surface area (Å²) >= 11 is 0. The van der Waals surface area contributed by atoms with Crippen molar-refractivity contribution < 1.29 is 4.79 Å². The molecule has 1 aromatic heterocycles. The minimum atomic E-state index is 0.353. The van der Waals surface area contributed by atoms with E-state index in [1.165, 1.54) is 0 Å². The van der Waals surface area contributed by atoms with Gasteiger partial charge in [0.05, 0.1) is 0 Å². The van der Waals surface area contributed by atoms with E-state index in [0.717, 1.165) is 18.4 Å². The summed E-state index contributed by atoms with van der Waals surface area (Å²) in [6.07, 6.45) is 6.70. The molecule has 0 aliphatic heterocycles. The first-order valence-electron chi connectivity index (χ1n) is 4.73. The highest BCUT2D eigenvalue weighted by atomic mass is 16.1. The molecule has 1 aromatic rings. The summed E-state index contributed by atoms with van der Waals surface area (Å²) in [5, 5.41) is 0. The number of Topliss-reactive ketones (excluding diaryl/α,β-unsaturated/α-hetero) is 1. The Morgan fingerprint density at radius 2 is 2.31 bits per heavy atom. The second kappa shape index (κ2) is 5.46. The Morgan fingerprint density at radius 1 is 1.46 bits per heavy atom. The zero-order chi connectivity index (χ0) is 9.52. The molecule has 0 amide bonds. The first kappa shape index (κ1) is 9.90. The monoisotopic (exact) mass is 177 g/mol. The van der Waals surface area contributed by atoms with Crippen molar-refractivity contribution in [1.29, 1.82) is 0 Å². The van der Waals surface area contributed by atoms with Crippen LogP contribution in [0, 0.1) is 0 Å². The number of hydrogen-bond donors (Lipinski definition) is 0. The van der Waals surface area contributed by atoms with Crippen LogP contribution in [-0.4, -0.2) is 10.8 Å². The summed E-state index contributed by atoms with van der Waals surface area (Å²) in [4.78, 5) is 15.2. The molecule has 0 aliphatic carbocycles. The molecule has 1 rings (SSSR count). The van der Waals surface area contributed by atoms with Crippen LogP contribution in [-0.2, 0) is 11.2 Å². The number of nitrogens with zero attached hydrogens (tertiary/aromatic N) is 1. The van der Waals surface area contributed by atoms with Gasteiger partial charge in [-0.15, -0.1) is 0 Å². The normalized spacial score (nSPS) is 9.92. The summed E-state index contributed by atoms with van der Waals surface area (Å²) in [6, 6.07) is 3.91. The molecule has 0 fully saturated rings. The number of aromatic nitrogens is 1. The third kappa shape index (κ3) is 3.83. The second-order valence-electron chi connectivity index (χ2n) is 3.15. The molecule has 2 heteroatoms. The van der Waals surface area contributed by atoms with Gasteiger partial charge in [0.25, 0.3) is 0 Å². The lowest BCUT2D eigenvalue weighted by atomic mass is 10.1. The van der Waals surface area contributed by atoms with Crippen LogP contribution in [0.2, 0.25) is 0 Å². The fraction of sp³-hybridized carbons (Fsp3) is 0.455. The van der Waals surface area contributed by atoms with Crippen molar-refractivity contribution in [3.63, 3.8) is 0 Å². The molecule has 0 saturated carbocycles. The van der Waals surface area contributed by atoms with Crippen LogP contribution in [0.25, 0.3) is 0 Å². The summed E-state index contributed by atoms with van der Waals surface area (Å²) in [5.74, 6) is 0.353. The summed E-state index contributed by atoms with van der Waals surface area (Å²) in [6.45, 7) is 2.03. The lowest BCUT2D eigenvalue weighted by molar-refractivity contribution is -0.119. The van der Waals surface area contributed by atoms with E-state index in [2.05, 4.69) is 4.98 Å². The average Bonchev–Trinajstić information content (AvgIpc) is 2.17. The molecule has 0 unspecified atom stereocenters. The van der Waals surface area contributed by atoms with Crippen LogP contribution in [0.3, 0.4) is 0 Å². The van der Waals surface area contributed by atoms with Gasteiger partial charge in [-0.1, -0.05) is 13.0 Å². The first-order valence-corrected chi connectivity index (χ1v) is 4.73. The predicted molar refractivity (Wildman–Crippen MR) is 52.5 cm³/mol. The van der Waals surface area contributed by atoms with Crippen molar-refractivity contribution in [3.8, 4) is 0 Å². The third-order valence-electron chi connectivity index (χ3n) is 1.94. The molecule has 70 valence electrons. The van der Waals surface area contributed by atoms with E-state index in [9.17, 15) is 4.79 Å². The first-order chi connectivity index (χ1) is 6.33. The largest absolute Gasteiger partial charge is 0.300 e. The molecule has 0 saturated heterocycles. The maximum Gasteiger partial charge on any atom is 0.133 e. The van der Waals surface area contributed by atoms with E-state index in [1.54, 1.807) is 6.20 Å². The molecule has 0 N–H and O–H groups in total. The number of hydrogen-bond acceptors (Lipinski definition) is 2. The van der Waals surface area contributed by atoms with E-state index in [-0.39, 0.29) is 0 Å². The topological polar surface area (TPSA) is 30.0 Å². The maximum atomic E-state index is 11.2. The minimum absolute atomic E-state index is 0.353. The molecular formula is C11H15NO. The van der Waals surface area contributed by atoms with E-state index in [1.807, 2.05) is 25.3 Å². The molecule has 0 aliphatic rings. The molecule has 0 bridgehead atoms.